The Morgan fingerprint density at radius 2 is 2.00 bits per heavy atom. The van der Waals surface area contributed by atoms with Crippen molar-refractivity contribution in [2.24, 2.45) is 0 Å². The molecule has 2 saturated heterocycles. The molecule has 0 saturated carbocycles. The third kappa shape index (κ3) is 2.48. The standard InChI is InChI=1S/C17H23N5O2/c1-11-7-12(2)22-16(19-11)13(8-18-22)17(24)21-9-14(15(23)10-21)20-5-3-4-6-20/h7-8,14-15,23H,3-6,9-10H2,1-2H3/t14-,15-/m1/s1. The summed E-state index contributed by atoms with van der Waals surface area (Å²) < 4.78 is 1.70. The minimum atomic E-state index is -0.481. The molecule has 0 aromatic carbocycles. The first-order chi connectivity index (χ1) is 11.5. The summed E-state index contributed by atoms with van der Waals surface area (Å²) in [4.78, 5) is 21.5. The van der Waals surface area contributed by atoms with Gasteiger partial charge in [-0.3, -0.25) is 9.69 Å². The quantitative estimate of drug-likeness (QED) is 0.875. The van der Waals surface area contributed by atoms with Crippen LogP contribution in [-0.2, 0) is 0 Å². The predicted molar refractivity (Wildman–Crippen MR) is 89.0 cm³/mol. The van der Waals surface area contributed by atoms with Gasteiger partial charge in [-0.05, 0) is 45.8 Å². The molecule has 0 spiro atoms. The lowest BCUT2D eigenvalue weighted by Crippen LogP contribution is -2.41. The fraction of sp³-hybridized carbons (Fsp3) is 0.588. The van der Waals surface area contributed by atoms with Crippen LogP contribution in [0.25, 0.3) is 5.65 Å². The number of aliphatic hydroxyl groups excluding tert-OH is 1. The number of carbonyl (C=O) groups excluding carboxylic acids is 1. The number of hydrogen-bond acceptors (Lipinski definition) is 5. The van der Waals surface area contributed by atoms with Crippen LogP contribution in [0.3, 0.4) is 0 Å². The highest BCUT2D eigenvalue weighted by Crippen LogP contribution is 2.23. The Labute approximate surface area is 140 Å². The lowest BCUT2D eigenvalue weighted by molar-refractivity contribution is 0.0765. The molecule has 0 unspecified atom stereocenters. The van der Waals surface area contributed by atoms with Crippen molar-refractivity contribution in [3.05, 3.63) is 29.2 Å². The molecular formula is C17H23N5O2. The van der Waals surface area contributed by atoms with Gasteiger partial charge in [0.2, 0.25) is 0 Å². The van der Waals surface area contributed by atoms with Crippen LogP contribution < -0.4 is 0 Å². The molecule has 1 amide bonds. The molecule has 7 nitrogen and oxygen atoms in total. The lowest BCUT2D eigenvalue weighted by Gasteiger charge is -2.25. The van der Waals surface area contributed by atoms with Crippen LogP contribution >= 0.6 is 0 Å². The maximum Gasteiger partial charge on any atom is 0.259 e. The van der Waals surface area contributed by atoms with E-state index in [0.717, 1.165) is 24.5 Å². The number of aromatic nitrogens is 3. The molecule has 128 valence electrons. The first-order valence-electron chi connectivity index (χ1n) is 8.58. The van der Waals surface area contributed by atoms with Crippen LogP contribution in [0.4, 0.5) is 0 Å². The molecule has 24 heavy (non-hydrogen) atoms. The van der Waals surface area contributed by atoms with Crippen LogP contribution in [0.5, 0.6) is 0 Å². The third-order valence-corrected chi connectivity index (χ3v) is 5.16. The van der Waals surface area contributed by atoms with Crippen molar-refractivity contribution >= 4 is 11.6 Å². The van der Waals surface area contributed by atoms with Gasteiger partial charge in [-0.1, -0.05) is 0 Å². The number of carbonyl (C=O) groups is 1. The summed E-state index contributed by atoms with van der Waals surface area (Å²) in [6, 6.07) is 1.99. The minimum absolute atomic E-state index is 0.0507. The van der Waals surface area contributed by atoms with Crippen LogP contribution in [-0.4, -0.2) is 73.7 Å². The van der Waals surface area contributed by atoms with Gasteiger partial charge in [-0.25, -0.2) is 9.50 Å². The zero-order valence-electron chi connectivity index (χ0n) is 14.1. The summed E-state index contributed by atoms with van der Waals surface area (Å²) in [6.45, 7) is 6.84. The van der Waals surface area contributed by atoms with E-state index in [1.165, 1.54) is 12.8 Å². The summed E-state index contributed by atoms with van der Waals surface area (Å²) in [5.74, 6) is -0.0942. The van der Waals surface area contributed by atoms with E-state index in [9.17, 15) is 9.90 Å². The normalized spacial score (nSPS) is 25.0. The van der Waals surface area contributed by atoms with Gasteiger partial charge in [-0.2, -0.15) is 5.10 Å². The predicted octanol–water partition coefficient (Wildman–Crippen LogP) is 0.627. The van der Waals surface area contributed by atoms with Crippen molar-refractivity contribution in [2.75, 3.05) is 26.2 Å². The lowest BCUT2D eigenvalue weighted by atomic mass is 10.2. The molecule has 7 heteroatoms. The van der Waals surface area contributed by atoms with Crippen LogP contribution in [0.1, 0.15) is 34.6 Å². The number of β-amino-alcohol motifs (C(OH)–C–C–N with tert-alkyl or cyclic N) is 1. The Morgan fingerprint density at radius 3 is 2.75 bits per heavy atom. The van der Waals surface area contributed by atoms with E-state index in [0.29, 0.717) is 24.3 Å². The highest BCUT2D eigenvalue weighted by atomic mass is 16.3. The Morgan fingerprint density at radius 1 is 1.25 bits per heavy atom. The average molecular weight is 329 g/mol. The van der Waals surface area contributed by atoms with Crippen molar-refractivity contribution in [2.45, 2.75) is 38.8 Å². The monoisotopic (exact) mass is 329 g/mol. The van der Waals surface area contributed by atoms with Gasteiger partial charge in [0.25, 0.3) is 5.91 Å². The van der Waals surface area contributed by atoms with E-state index in [4.69, 9.17) is 0 Å². The van der Waals surface area contributed by atoms with Gasteiger partial charge < -0.3 is 10.0 Å². The highest BCUT2D eigenvalue weighted by molar-refractivity contribution is 5.99. The van der Waals surface area contributed by atoms with Crippen molar-refractivity contribution in [3.8, 4) is 0 Å². The molecule has 0 bridgehead atoms. The first-order valence-corrected chi connectivity index (χ1v) is 8.58. The second kappa shape index (κ2) is 5.82. The maximum atomic E-state index is 13.0. The number of amides is 1. The zero-order valence-corrected chi connectivity index (χ0v) is 14.1. The molecule has 0 radical (unpaired) electrons. The van der Waals surface area contributed by atoms with Gasteiger partial charge in [0.1, 0.15) is 5.56 Å². The molecule has 1 N–H and O–H groups in total. The van der Waals surface area contributed by atoms with Crippen molar-refractivity contribution in [3.63, 3.8) is 0 Å². The van der Waals surface area contributed by atoms with Crippen molar-refractivity contribution in [1.82, 2.24) is 24.4 Å². The molecule has 2 aliphatic rings. The first kappa shape index (κ1) is 15.5. The number of nitrogens with zero attached hydrogens (tertiary/aromatic N) is 5. The Bertz CT molecular complexity index is 781. The number of rotatable bonds is 2. The second-order valence-electron chi connectivity index (χ2n) is 6.92. The molecule has 2 aliphatic heterocycles. The highest BCUT2D eigenvalue weighted by Gasteiger charge is 2.39. The summed E-state index contributed by atoms with van der Waals surface area (Å²) in [7, 11) is 0. The van der Waals surface area contributed by atoms with Crippen LogP contribution in [0.15, 0.2) is 12.3 Å². The van der Waals surface area contributed by atoms with Gasteiger partial charge in [0.05, 0.1) is 18.3 Å². The van der Waals surface area contributed by atoms with E-state index in [-0.39, 0.29) is 11.9 Å². The third-order valence-electron chi connectivity index (χ3n) is 5.16. The van der Waals surface area contributed by atoms with Crippen molar-refractivity contribution in [1.29, 1.82) is 0 Å². The number of hydrogen-bond donors (Lipinski definition) is 1. The molecule has 2 atom stereocenters. The van der Waals surface area contributed by atoms with Gasteiger partial charge in [0.15, 0.2) is 5.65 Å². The minimum Gasteiger partial charge on any atom is -0.390 e. The molecule has 4 rings (SSSR count). The van der Waals surface area contributed by atoms with Gasteiger partial charge >= 0.3 is 0 Å². The maximum absolute atomic E-state index is 13.0. The summed E-state index contributed by atoms with van der Waals surface area (Å²) >= 11 is 0. The van der Waals surface area contributed by atoms with E-state index in [1.54, 1.807) is 15.6 Å². The number of likely N-dealkylation sites (tertiary alicyclic amines) is 2. The summed E-state index contributed by atoms with van der Waals surface area (Å²) in [5.41, 5.74) is 2.92. The summed E-state index contributed by atoms with van der Waals surface area (Å²) in [6.07, 6.45) is 3.46. The number of aryl methyl sites for hydroxylation is 2. The van der Waals surface area contributed by atoms with E-state index >= 15 is 0 Å². The smallest absolute Gasteiger partial charge is 0.259 e. The van der Waals surface area contributed by atoms with Crippen molar-refractivity contribution < 1.29 is 9.90 Å². The molecule has 4 heterocycles. The topological polar surface area (TPSA) is 74.0 Å². The van der Waals surface area contributed by atoms with Crippen LogP contribution in [0, 0.1) is 13.8 Å². The Kier molecular flexibility index (Phi) is 3.77. The number of fused-ring (bicyclic) bond motifs is 1. The summed E-state index contributed by atoms with van der Waals surface area (Å²) in [5, 5.41) is 14.7. The molecule has 2 fully saturated rings. The fourth-order valence-corrected chi connectivity index (χ4v) is 3.96. The van der Waals surface area contributed by atoms with E-state index < -0.39 is 6.10 Å². The van der Waals surface area contributed by atoms with Crippen LogP contribution in [0.2, 0.25) is 0 Å². The van der Waals surface area contributed by atoms with Gasteiger partial charge in [0, 0.05) is 24.5 Å². The molecule has 0 aliphatic carbocycles. The SMILES string of the molecule is Cc1cc(C)n2ncc(C(=O)N3C[C@@H](O)[C@H](N4CCCC4)C3)c2n1. The van der Waals surface area contributed by atoms with Gasteiger partial charge in [-0.15, -0.1) is 0 Å². The second-order valence-corrected chi connectivity index (χ2v) is 6.92. The fourth-order valence-electron chi connectivity index (χ4n) is 3.96. The molecular weight excluding hydrogens is 306 g/mol. The average Bonchev–Trinajstić information content (AvgIpc) is 3.24. The number of aliphatic hydroxyl groups is 1. The Balaban J connectivity index is 1.60. The zero-order chi connectivity index (χ0) is 16.8. The molecule has 2 aromatic rings. The van der Waals surface area contributed by atoms with E-state index in [2.05, 4.69) is 15.0 Å². The Hall–Kier alpha value is -1.99. The molecule has 2 aromatic heterocycles. The largest absolute Gasteiger partial charge is 0.390 e. The van der Waals surface area contributed by atoms with E-state index in [1.807, 2.05) is 19.9 Å².